The molecule has 210 valence electrons. The van der Waals surface area contributed by atoms with Crippen LogP contribution in [0.15, 0.2) is 0 Å². The molecule has 8 nitrogen and oxygen atoms in total. The van der Waals surface area contributed by atoms with E-state index in [2.05, 4.69) is 13.8 Å². The highest BCUT2D eigenvalue weighted by Gasteiger charge is 2.40. The van der Waals surface area contributed by atoms with Gasteiger partial charge < -0.3 is 19.7 Å². The first kappa shape index (κ1) is 33.9. The highest BCUT2D eigenvalue weighted by Crippen LogP contribution is 2.15. The Balaban J connectivity index is 4.29. The maximum Gasteiger partial charge on any atom is 0.349 e. The second-order valence-corrected chi connectivity index (χ2v) is 9.65. The van der Waals surface area contributed by atoms with Crippen LogP contribution in [0.2, 0.25) is 0 Å². The number of carboxylic acid groups (broad SMARTS) is 2. The number of carbonyl (C=O) groups is 4. The molecule has 0 amide bonds. The van der Waals surface area contributed by atoms with Gasteiger partial charge in [-0.1, -0.05) is 117 Å². The zero-order chi connectivity index (χ0) is 27.0. The molecule has 8 heteroatoms. The number of hydrogen-bond donors (Lipinski definition) is 2. The average Bonchev–Trinajstić information content (AvgIpc) is 2.83. The number of aliphatic carboxylic acids is 2. The first-order valence-corrected chi connectivity index (χ1v) is 14.2. The molecule has 0 aromatic heterocycles. The van der Waals surface area contributed by atoms with E-state index >= 15 is 0 Å². The Bertz CT molecular complexity index is 552. The predicted molar refractivity (Wildman–Crippen MR) is 139 cm³/mol. The number of ether oxygens (including phenoxy) is 2. The second-order valence-electron chi connectivity index (χ2n) is 9.65. The Morgan fingerprint density at radius 1 is 0.472 bits per heavy atom. The van der Waals surface area contributed by atoms with Crippen molar-refractivity contribution >= 4 is 23.9 Å². The maximum atomic E-state index is 12.1. The van der Waals surface area contributed by atoms with Gasteiger partial charge in [-0.2, -0.15) is 0 Å². The number of unbranched alkanes of at least 4 members (excludes halogenated alkanes) is 16. The largest absolute Gasteiger partial charge is 0.478 e. The number of carbonyl (C=O) groups excluding carboxylic acids is 2. The second kappa shape index (κ2) is 23.3. The van der Waals surface area contributed by atoms with Gasteiger partial charge in [0.2, 0.25) is 12.2 Å². The molecule has 0 saturated heterocycles. The zero-order valence-corrected chi connectivity index (χ0v) is 22.6. The monoisotopic (exact) mass is 514 g/mol. The van der Waals surface area contributed by atoms with Gasteiger partial charge in [-0.25, -0.2) is 9.59 Å². The molecule has 0 spiro atoms. The molecule has 2 N–H and O–H groups in total. The van der Waals surface area contributed by atoms with E-state index < -0.39 is 36.1 Å². The third-order valence-corrected chi connectivity index (χ3v) is 6.25. The van der Waals surface area contributed by atoms with Crippen LogP contribution in [-0.2, 0) is 28.7 Å². The van der Waals surface area contributed by atoms with Gasteiger partial charge in [0.25, 0.3) is 0 Å². The fourth-order valence-electron chi connectivity index (χ4n) is 4.04. The van der Waals surface area contributed by atoms with E-state index in [0.29, 0.717) is 12.8 Å². The smallest absolute Gasteiger partial charge is 0.349 e. The van der Waals surface area contributed by atoms with Crippen LogP contribution in [0.3, 0.4) is 0 Å². The lowest BCUT2D eigenvalue weighted by Gasteiger charge is -2.21. The molecule has 0 aromatic rings. The summed E-state index contributed by atoms with van der Waals surface area (Å²) in [6.45, 7) is 4.35. The van der Waals surface area contributed by atoms with E-state index in [1.807, 2.05) is 0 Å². The minimum Gasteiger partial charge on any atom is -0.478 e. The van der Waals surface area contributed by atoms with Gasteiger partial charge in [-0.15, -0.1) is 0 Å². The first-order chi connectivity index (χ1) is 17.3. The molecule has 2 unspecified atom stereocenters. The number of esters is 2. The Morgan fingerprint density at radius 3 is 0.972 bits per heavy atom. The van der Waals surface area contributed by atoms with Crippen LogP contribution in [0.1, 0.15) is 142 Å². The number of hydrogen-bond acceptors (Lipinski definition) is 6. The molecule has 0 bridgehead atoms. The van der Waals surface area contributed by atoms with Crippen LogP contribution < -0.4 is 0 Å². The first-order valence-electron chi connectivity index (χ1n) is 14.2. The summed E-state index contributed by atoms with van der Waals surface area (Å²) in [6.07, 6.45) is 14.9. The topological polar surface area (TPSA) is 127 Å². The highest BCUT2D eigenvalue weighted by atomic mass is 16.6. The summed E-state index contributed by atoms with van der Waals surface area (Å²) >= 11 is 0. The Hall–Kier alpha value is -2.12. The lowest BCUT2D eigenvalue weighted by molar-refractivity contribution is -0.187. The van der Waals surface area contributed by atoms with E-state index in [1.54, 1.807) is 0 Å². The molecule has 0 aromatic carbocycles. The Labute approximate surface area is 217 Å². The summed E-state index contributed by atoms with van der Waals surface area (Å²) < 4.78 is 9.82. The molecule has 0 aliphatic rings. The van der Waals surface area contributed by atoms with Gasteiger partial charge in [0.1, 0.15) is 0 Å². The van der Waals surface area contributed by atoms with Crippen molar-refractivity contribution < 1.29 is 38.9 Å². The van der Waals surface area contributed by atoms with E-state index in [-0.39, 0.29) is 12.8 Å². The normalized spacial score (nSPS) is 12.6. The van der Waals surface area contributed by atoms with E-state index in [0.717, 1.165) is 51.4 Å². The van der Waals surface area contributed by atoms with Crippen LogP contribution in [0.4, 0.5) is 0 Å². The molecule has 0 radical (unpaired) electrons. The predicted octanol–water partition coefficient (Wildman–Crippen LogP) is 6.82. The van der Waals surface area contributed by atoms with Crippen LogP contribution in [0.5, 0.6) is 0 Å². The summed E-state index contributed by atoms with van der Waals surface area (Å²) in [5, 5.41) is 18.8. The average molecular weight is 515 g/mol. The molecule has 0 saturated carbocycles. The third-order valence-electron chi connectivity index (χ3n) is 6.25. The minimum atomic E-state index is -2.07. The summed E-state index contributed by atoms with van der Waals surface area (Å²) in [6, 6.07) is 0. The molecular formula is C28H50O8. The molecule has 0 heterocycles. The van der Waals surface area contributed by atoms with Crippen LogP contribution in [-0.4, -0.2) is 46.3 Å². The van der Waals surface area contributed by atoms with E-state index in [4.69, 9.17) is 9.47 Å². The fourth-order valence-corrected chi connectivity index (χ4v) is 4.04. The molecule has 36 heavy (non-hydrogen) atoms. The van der Waals surface area contributed by atoms with E-state index in [1.165, 1.54) is 51.4 Å². The standard InChI is InChI=1S/C28H50O8/c1-3-5-7-9-11-13-15-17-19-21-23(29)35-25(27(31)32)26(28(33)34)36-24(30)22-20-18-16-14-12-10-8-6-4-2/h25-26H,3-22H2,1-2H3,(H,31,32)(H,33,34). The van der Waals surface area contributed by atoms with Gasteiger partial charge >= 0.3 is 23.9 Å². The summed E-state index contributed by atoms with van der Waals surface area (Å²) in [7, 11) is 0. The van der Waals surface area contributed by atoms with Gasteiger partial charge in [0.15, 0.2) is 0 Å². The van der Waals surface area contributed by atoms with Crippen molar-refractivity contribution in [3.8, 4) is 0 Å². The van der Waals surface area contributed by atoms with Gasteiger partial charge in [-0.3, -0.25) is 9.59 Å². The molecule has 0 fully saturated rings. The molecule has 0 aliphatic heterocycles. The van der Waals surface area contributed by atoms with Crippen LogP contribution >= 0.6 is 0 Å². The van der Waals surface area contributed by atoms with Crippen molar-refractivity contribution in [1.29, 1.82) is 0 Å². The quantitative estimate of drug-likeness (QED) is 0.100. The number of rotatable bonds is 25. The molecular weight excluding hydrogens is 464 g/mol. The molecule has 0 aliphatic carbocycles. The summed E-state index contributed by atoms with van der Waals surface area (Å²) in [4.78, 5) is 47.4. The molecule has 0 rings (SSSR count). The van der Waals surface area contributed by atoms with Crippen molar-refractivity contribution in [2.75, 3.05) is 0 Å². The third kappa shape index (κ3) is 19.1. The lowest BCUT2D eigenvalue weighted by Crippen LogP contribution is -2.45. The van der Waals surface area contributed by atoms with Crippen molar-refractivity contribution in [2.45, 2.75) is 154 Å². The lowest BCUT2D eigenvalue weighted by atomic mass is 10.1. The highest BCUT2D eigenvalue weighted by molar-refractivity contribution is 5.87. The van der Waals surface area contributed by atoms with Crippen molar-refractivity contribution in [3.05, 3.63) is 0 Å². The SMILES string of the molecule is CCCCCCCCCCCC(=O)OC(C(=O)O)C(OC(=O)CCCCCCCCCCC)C(=O)O. The minimum absolute atomic E-state index is 0.00164. The number of carboxylic acids is 2. The van der Waals surface area contributed by atoms with Crippen molar-refractivity contribution in [1.82, 2.24) is 0 Å². The Morgan fingerprint density at radius 2 is 0.722 bits per heavy atom. The van der Waals surface area contributed by atoms with Crippen molar-refractivity contribution in [3.63, 3.8) is 0 Å². The zero-order valence-electron chi connectivity index (χ0n) is 22.6. The van der Waals surface area contributed by atoms with Crippen LogP contribution in [0.25, 0.3) is 0 Å². The fraction of sp³-hybridized carbons (Fsp3) is 0.857. The van der Waals surface area contributed by atoms with Crippen LogP contribution in [0, 0.1) is 0 Å². The van der Waals surface area contributed by atoms with Gasteiger partial charge in [-0.05, 0) is 12.8 Å². The summed E-state index contributed by atoms with van der Waals surface area (Å²) in [5.74, 6) is -4.91. The maximum absolute atomic E-state index is 12.1. The Kier molecular flexibility index (Phi) is 21.9. The van der Waals surface area contributed by atoms with Gasteiger partial charge in [0, 0.05) is 12.8 Å². The van der Waals surface area contributed by atoms with Crippen molar-refractivity contribution in [2.24, 2.45) is 0 Å². The van der Waals surface area contributed by atoms with Gasteiger partial charge in [0.05, 0.1) is 0 Å². The van der Waals surface area contributed by atoms with E-state index in [9.17, 15) is 29.4 Å². The summed E-state index contributed by atoms with van der Waals surface area (Å²) in [5.41, 5.74) is 0. The molecule has 2 atom stereocenters.